The SMILES string of the molecule is C[C@@]12CCCC[C@]1(CC(F)(F)C(F)(F)C(F)(F)C(F)(F)F)N=C(c1ccccc1)c1ccccc12. The van der Waals surface area contributed by atoms with E-state index in [1.807, 2.05) is 0 Å². The predicted octanol–water partition coefficient (Wildman–Crippen LogP) is 7.97. The molecule has 1 saturated carbocycles. The molecular formula is C25H22F9N. The molecule has 35 heavy (non-hydrogen) atoms. The van der Waals surface area contributed by atoms with Gasteiger partial charge in [-0.05, 0) is 18.4 Å². The molecule has 1 nitrogen and oxygen atoms in total. The van der Waals surface area contributed by atoms with E-state index in [1.54, 1.807) is 61.5 Å². The smallest absolute Gasteiger partial charge is 0.276 e. The zero-order chi connectivity index (χ0) is 25.9. The summed E-state index contributed by atoms with van der Waals surface area (Å²) in [4.78, 5) is 4.54. The van der Waals surface area contributed by atoms with Crippen LogP contribution >= 0.6 is 0 Å². The first kappa shape index (κ1) is 25.6. The van der Waals surface area contributed by atoms with E-state index in [1.165, 1.54) is 0 Å². The molecule has 2 atom stereocenters. The highest BCUT2D eigenvalue weighted by Gasteiger charge is 2.82. The van der Waals surface area contributed by atoms with Crippen molar-refractivity contribution in [2.45, 2.75) is 73.9 Å². The molecule has 2 aromatic rings. The lowest BCUT2D eigenvalue weighted by molar-refractivity contribution is -0.398. The van der Waals surface area contributed by atoms with Crippen LogP contribution in [0.2, 0.25) is 0 Å². The summed E-state index contributed by atoms with van der Waals surface area (Å²) in [7, 11) is 0. The first-order chi connectivity index (χ1) is 16.1. The van der Waals surface area contributed by atoms with E-state index in [-0.39, 0.29) is 25.0 Å². The van der Waals surface area contributed by atoms with E-state index >= 15 is 8.78 Å². The molecule has 0 bridgehead atoms. The van der Waals surface area contributed by atoms with Crippen LogP contribution in [0.1, 0.15) is 55.7 Å². The van der Waals surface area contributed by atoms with Crippen molar-refractivity contribution in [2.75, 3.05) is 0 Å². The largest absolute Gasteiger partial charge is 0.460 e. The summed E-state index contributed by atoms with van der Waals surface area (Å²) < 4.78 is 124. The summed E-state index contributed by atoms with van der Waals surface area (Å²) in [6.07, 6.45) is -7.95. The van der Waals surface area contributed by atoms with Gasteiger partial charge in [0.05, 0.1) is 11.3 Å². The normalized spacial score (nSPS) is 25.5. The topological polar surface area (TPSA) is 12.4 Å². The third-order valence-electron chi connectivity index (χ3n) is 7.42. The molecular weight excluding hydrogens is 485 g/mol. The van der Waals surface area contributed by atoms with Gasteiger partial charge < -0.3 is 0 Å². The van der Waals surface area contributed by atoms with Crippen LogP contribution < -0.4 is 0 Å². The summed E-state index contributed by atoms with van der Waals surface area (Å²) >= 11 is 0. The number of aliphatic imine (C=N–C) groups is 1. The van der Waals surface area contributed by atoms with Crippen LogP contribution in [0.15, 0.2) is 59.6 Å². The van der Waals surface area contributed by atoms with Crippen molar-refractivity contribution < 1.29 is 39.5 Å². The van der Waals surface area contributed by atoms with E-state index in [2.05, 4.69) is 4.99 Å². The fourth-order valence-electron chi connectivity index (χ4n) is 5.44. The molecule has 1 heterocycles. The Bertz CT molecular complexity index is 1120. The monoisotopic (exact) mass is 507 g/mol. The van der Waals surface area contributed by atoms with Gasteiger partial charge in [-0.1, -0.05) is 74.4 Å². The van der Waals surface area contributed by atoms with Gasteiger partial charge in [-0.25, -0.2) is 0 Å². The van der Waals surface area contributed by atoms with Crippen molar-refractivity contribution in [1.82, 2.24) is 0 Å². The molecule has 4 rings (SSSR count). The molecule has 0 amide bonds. The van der Waals surface area contributed by atoms with Gasteiger partial charge in [-0.3, -0.25) is 4.99 Å². The van der Waals surface area contributed by atoms with E-state index in [0.29, 0.717) is 23.1 Å². The minimum absolute atomic E-state index is 0.169. The van der Waals surface area contributed by atoms with Crippen molar-refractivity contribution in [3.63, 3.8) is 0 Å². The Balaban J connectivity index is 1.92. The second-order valence-electron chi connectivity index (χ2n) is 9.47. The van der Waals surface area contributed by atoms with Crippen LogP contribution in [0.5, 0.6) is 0 Å². The highest BCUT2D eigenvalue weighted by Crippen LogP contribution is 2.61. The summed E-state index contributed by atoms with van der Waals surface area (Å²) in [5, 5.41) is 0. The molecule has 1 aliphatic heterocycles. The summed E-state index contributed by atoms with van der Waals surface area (Å²) in [5.74, 6) is -19.3. The Morgan fingerprint density at radius 2 is 1.31 bits per heavy atom. The molecule has 190 valence electrons. The average Bonchev–Trinajstić information content (AvgIpc) is 2.78. The fraction of sp³-hybridized carbons (Fsp3) is 0.480. The second-order valence-corrected chi connectivity index (χ2v) is 9.47. The molecule has 10 heteroatoms. The number of hydrogen-bond donors (Lipinski definition) is 0. The Morgan fingerprint density at radius 1 is 0.743 bits per heavy atom. The van der Waals surface area contributed by atoms with Gasteiger partial charge in [0, 0.05) is 23.0 Å². The number of nitrogens with zero attached hydrogens (tertiary/aromatic N) is 1. The van der Waals surface area contributed by atoms with E-state index < -0.39 is 41.3 Å². The quantitative estimate of drug-likeness (QED) is 0.364. The predicted molar refractivity (Wildman–Crippen MR) is 113 cm³/mol. The number of rotatable bonds is 5. The Morgan fingerprint density at radius 3 is 1.94 bits per heavy atom. The molecule has 0 aromatic heterocycles. The molecule has 0 N–H and O–H groups in total. The first-order valence-corrected chi connectivity index (χ1v) is 11.1. The number of benzene rings is 2. The molecule has 2 aliphatic rings. The maximum Gasteiger partial charge on any atom is 0.460 e. The number of fused-ring (bicyclic) bond motifs is 3. The van der Waals surface area contributed by atoms with Crippen LogP contribution in [-0.2, 0) is 5.41 Å². The lowest BCUT2D eigenvalue weighted by atomic mass is 9.54. The van der Waals surface area contributed by atoms with Crippen molar-refractivity contribution in [3.8, 4) is 0 Å². The van der Waals surface area contributed by atoms with Crippen LogP contribution in [0.25, 0.3) is 0 Å². The van der Waals surface area contributed by atoms with E-state index in [9.17, 15) is 30.7 Å². The highest BCUT2D eigenvalue weighted by atomic mass is 19.4. The fourth-order valence-corrected chi connectivity index (χ4v) is 5.44. The minimum Gasteiger partial charge on any atom is -0.276 e. The molecule has 0 spiro atoms. The molecule has 2 aromatic carbocycles. The van der Waals surface area contributed by atoms with Crippen molar-refractivity contribution in [3.05, 3.63) is 71.3 Å². The molecule has 0 unspecified atom stereocenters. The maximum absolute atomic E-state index is 15.1. The minimum atomic E-state index is -6.93. The van der Waals surface area contributed by atoms with Gasteiger partial charge in [0.1, 0.15) is 0 Å². The lowest BCUT2D eigenvalue weighted by Gasteiger charge is -2.54. The maximum atomic E-state index is 15.1. The molecule has 0 saturated heterocycles. The van der Waals surface area contributed by atoms with Crippen LogP contribution in [-0.4, -0.2) is 35.2 Å². The van der Waals surface area contributed by atoms with Crippen LogP contribution in [0.3, 0.4) is 0 Å². The van der Waals surface area contributed by atoms with Gasteiger partial charge in [0.2, 0.25) is 0 Å². The lowest BCUT2D eigenvalue weighted by Crippen LogP contribution is -2.65. The zero-order valence-electron chi connectivity index (χ0n) is 18.6. The Labute approximate surface area is 196 Å². The Hall–Kier alpha value is -2.52. The number of alkyl halides is 9. The third kappa shape index (κ3) is 3.66. The summed E-state index contributed by atoms with van der Waals surface area (Å²) in [6.45, 7) is 1.55. The summed E-state index contributed by atoms with van der Waals surface area (Å²) in [5.41, 5.74) is -1.51. The van der Waals surface area contributed by atoms with Gasteiger partial charge in [-0.15, -0.1) is 0 Å². The van der Waals surface area contributed by atoms with Crippen LogP contribution in [0.4, 0.5) is 39.5 Å². The van der Waals surface area contributed by atoms with Gasteiger partial charge in [0.15, 0.2) is 0 Å². The second kappa shape index (κ2) is 8.00. The zero-order valence-corrected chi connectivity index (χ0v) is 18.6. The van der Waals surface area contributed by atoms with Gasteiger partial charge >= 0.3 is 23.9 Å². The molecule has 1 fully saturated rings. The highest BCUT2D eigenvalue weighted by molar-refractivity contribution is 6.15. The molecule has 0 radical (unpaired) electrons. The van der Waals surface area contributed by atoms with Crippen molar-refractivity contribution in [2.24, 2.45) is 4.99 Å². The van der Waals surface area contributed by atoms with E-state index in [0.717, 1.165) is 0 Å². The van der Waals surface area contributed by atoms with E-state index in [4.69, 9.17) is 0 Å². The molecule has 1 aliphatic carbocycles. The van der Waals surface area contributed by atoms with Crippen LogP contribution in [0, 0.1) is 0 Å². The standard InChI is InChI=1S/C25H22F9N/c1-20-13-7-8-14-21(20,15-22(26,27)23(28,29)24(30,31)25(32,33)34)35-19(16-9-3-2-4-10-16)17-11-5-6-12-18(17)20/h2-6,9-12H,7-8,13-15H2,1H3/t20-,21+/m0/s1. The number of halogens is 9. The van der Waals surface area contributed by atoms with Gasteiger partial charge in [0.25, 0.3) is 0 Å². The summed E-state index contributed by atoms with van der Waals surface area (Å²) in [6, 6.07) is 15.0. The van der Waals surface area contributed by atoms with Gasteiger partial charge in [-0.2, -0.15) is 39.5 Å². The van der Waals surface area contributed by atoms with Crippen molar-refractivity contribution >= 4 is 5.71 Å². The first-order valence-electron chi connectivity index (χ1n) is 11.1. The third-order valence-corrected chi connectivity index (χ3v) is 7.42. The Kier molecular flexibility index (Phi) is 5.84. The average molecular weight is 507 g/mol. The van der Waals surface area contributed by atoms with Crippen molar-refractivity contribution in [1.29, 1.82) is 0 Å². The number of hydrogen-bond acceptors (Lipinski definition) is 1.